The van der Waals surface area contributed by atoms with Crippen molar-refractivity contribution in [3.63, 3.8) is 0 Å². The quantitative estimate of drug-likeness (QED) is 0.384. The minimum atomic E-state index is -4.26. The van der Waals surface area contributed by atoms with Crippen LogP contribution in [-0.4, -0.2) is 30.3 Å². The summed E-state index contributed by atoms with van der Waals surface area (Å²) in [6.07, 6.45) is -4.26. The third kappa shape index (κ3) is 4.04. The molecule has 0 radical (unpaired) electrons. The van der Waals surface area contributed by atoms with E-state index in [2.05, 4.69) is 5.16 Å². The molecule has 0 heterocycles. The van der Waals surface area contributed by atoms with Crippen LogP contribution in [0.4, 0.5) is 18.9 Å². The van der Waals surface area contributed by atoms with Crippen LogP contribution in [0.1, 0.15) is 18.1 Å². The summed E-state index contributed by atoms with van der Waals surface area (Å²) in [5.74, 6) is -0.0754. The van der Waals surface area contributed by atoms with Gasteiger partial charge in [0.05, 0.1) is 0 Å². The summed E-state index contributed by atoms with van der Waals surface area (Å²) in [4.78, 5) is 1.23. The minimum Gasteiger partial charge on any atom is -0.409 e. The van der Waals surface area contributed by atoms with Gasteiger partial charge >= 0.3 is 6.18 Å². The fraction of sp³-hybridized carbons (Fsp3) is 0.417. The van der Waals surface area contributed by atoms with Crippen LogP contribution < -0.4 is 10.6 Å². The Morgan fingerprint density at radius 3 is 2.47 bits per heavy atom. The summed E-state index contributed by atoms with van der Waals surface area (Å²) in [7, 11) is 0. The van der Waals surface area contributed by atoms with Gasteiger partial charge in [0.25, 0.3) is 0 Å². The molecule has 0 atom stereocenters. The van der Waals surface area contributed by atoms with Crippen molar-refractivity contribution >= 4 is 11.5 Å². The SMILES string of the molecule is CCN(CC(F)(F)F)c1ccc(/C(N)=N/O)cc1C. The summed E-state index contributed by atoms with van der Waals surface area (Å²) >= 11 is 0. The number of hydrogen-bond donors (Lipinski definition) is 2. The van der Waals surface area contributed by atoms with Crippen LogP contribution in [0.25, 0.3) is 0 Å². The Kier molecular flexibility index (Phi) is 4.63. The first-order valence-corrected chi connectivity index (χ1v) is 5.68. The average Bonchev–Trinajstić information content (AvgIpc) is 2.34. The number of hydrogen-bond acceptors (Lipinski definition) is 3. The molecule has 0 amide bonds. The Bertz CT molecular complexity index is 472. The van der Waals surface area contributed by atoms with Crippen LogP contribution in [0.5, 0.6) is 0 Å². The zero-order chi connectivity index (χ0) is 14.6. The van der Waals surface area contributed by atoms with Crippen LogP contribution >= 0.6 is 0 Å². The van der Waals surface area contributed by atoms with E-state index in [1.165, 1.54) is 17.0 Å². The molecule has 0 saturated heterocycles. The molecule has 0 aliphatic carbocycles. The molecule has 4 nitrogen and oxygen atoms in total. The van der Waals surface area contributed by atoms with Gasteiger partial charge in [-0.05, 0) is 37.6 Å². The average molecular weight is 275 g/mol. The van der Waals surface area contributed by atoms with Gasteiger partial charge in [0.2, 0.25) is 0 Å². The van der Waals surface area contributed by atoms with Crippen molar-refractivity contribution in [2.24, 2.45) is 10.9 Å². The first-order valence-electron chi connectivity index (χ1n) is 5.68. The maximum absolute atomic E-state index is 12.5. The number of aryl methyl sites for hydroxylation is 1. The van der Waals surface area contributed by atoms with Crippen molar-refractivity contribution in [1.29, 1.82) is 0 Å². The summed E-state index contributed by atoms with van der Waals surface area (Å²) in [6, 6.07) is 4.65. The van der Waals surface area contributed by atoms with E-state index in [9.17, 15) is 13.2 Å². The molecule has 106 valence electrons. The summed E-state index contributed by atoms with van der Waals surface area (Å²) < 4.78 is 37.4. The van der Waals surface area contributed by atoms with Gasteiger partial charge in [-0.2, -0.15) is 13.2 Å². The van der Waals surface area contributed by atoms with Crippen LogP contribution in [0, 0.1) is 6.92 Å². The summed E-state index contributed by atoms with van der Waals surface area (Å²) in [5, 5.41) is 11.4. The molecule has 0 unspecified atom stereocenters. The number of alkyl halides is 3. The molecule has 0 fully saturated rings. The van der Waals surface area contributed by atoms with Crippen LogP contribution in [0.15, 0.2) is 23.4 Å². The Balaban J connectivity index is 3.07. The minimum absolute atomic E-state index is 0.0754. The highest BCUT2D eigenvalue weighted by atomic mass is 19.4. The van der Waals surface area contributed by atoms with Crippen molar-refractivity contribution in [1.82, 2.24) is 0 Å². The lowest BCUT2D eigenvalue weighted by molar-refractivity contribution is -0.119. The maximum Gasteiger partial charge on any atom is 0.405 e. The predicted octanol–water partition coefficient (Wildman–Crippen LogP) is 2.48. The molecule has 1 aromatic rings. The van der Waals surface area contributed by atoms with Gasteiger partial charge in [-0.1, -0.05) is 5.16 Å². The first-order chi connectivity index (χ1) is 8.78. The highest BCUT2D eigenvalue weighted by Crippen LogP contribution is 2.25. The molecule has 1 aromatic carbocycles. The molecular weight excluding hydrogens is 259 g/mol. The van der Waals surface area contributed by atoms with Crippen molar-refractivity contribution in [2.75, 3.05) is 18.0 Å². The molecule has 0 bridgehead atoms. The lowest BCUT2D eigenvalue weighted by Crippen LogP contribution is -2.34. The summed E-state index contributed by atoms with van der Waals surface area (Å²) in [6.45, 7) is 2.57. The fourth-order valence-corrected chi connectivity index (χ4v) is 1.81. The largest absolute Gasteiger partial charge is 0.409 e. The monoisotopic (exact) mass is 275 g/mol. The normalized spacial score (nSPS) is 12.6. The molecule has 7 heteroatoms. The van der Waals surface area contributed by atoms with Crippen molar-refractivity contribution < 1.29 is 18.4 Å². The number of nitrogens with zero attached hydrogens (tertiary/aromatic N) is 2. The van der Waals surface area contributed by atoms with E-state index in [-0.39, 0.29) is 12.4 Å². The Morgan fingerprint density at radius 1 is 1.42 bits per heavy atom. The van der Waals surface area contributed by atoms with E-state index in [0.29, 0.717) is 16.8 Å². The Hall–Kier alpha value is -1.92. The van der Waals surface area contributed by atoms with E-state index in [1.807, 2.05) is 0 Å². The number of nitrogens with two attached hydrogens (primary N) is 1. The molecule has 0 saturated carbocycles. The third-order valence-electron chi connectivity index (χ3n) is 2.69. The fourth-order valence-electron chi connectivity index (χ4n) is 1.81. The molecule has 19 heavy (non-hydrogen) atoms. The lowest BCUT2D eigenvalue weighted by Gasteiger charge is -2.26. The molecule has 0 aliphatic heterocycles. The molecule has 0 spiro atoms. The number of amidine groups is 1. The van der Waals surface area contributed by atoms with Crippen LogP contribution in [0.2, 0.25) is 0 Å². The highest BCUT2D eigenvalue weighted by Gasteiger charge is 2.30. The number of rotatable bonds is 4. The predicted molar refractivity (Wildman–Crippen MR) is 67.6 cm³/mol. The first kappa shape index (κ1) is 15.1. The van der Waals surface area contributed by atoms with E-state index in [1.54, 1.807) is 19.9 Å². The van der Waals surface area contributed by atoms with Gasteiger partial charge in [-0.25, -0.2) is 0 Å². The molecule has 1 rings (SSSR count). The van der Waals surface area contributed by atoms with E-state index in [4.69, 9.17) is 10.9 Å². The van der Waals surface area contributed by atoms with Crippen LogP contribution in [0.3, 0.4) is 0 Å². The van der Waals surface area contributed by atoms with E-state index < -0.39 is 12.7 Å². The van der Waals surface area contributed by atoms with Gasteiger partial charge in [0.15, 0.2) is 5.84 Å². The number of halogens is 3. The number of anilines is 1. The second kappa shape index (κ2) is 5.81. The molecule has 3 N–H and O–H groups in total. The third-order valence-corrected chi connectivity index (χ3v) is 2.69. The van der Waals surface area contributed by atoms with Gasteiger partial charge in [-0.3, -0.25) is 0 Å². The number of benzene rings is 1. The van der Waals surface area contributed by atoms with E-state index in [0.717, 1.165) is 0 Å². The second-order valence-corrected chi connectivity index (χ2v) is 4.12. The smallest absolute Gasteiger partial charge is 0.405 e. The molecule has 0 aromatic heterocycles. The Morgan fingerprint density at radius 2 is 2.05 bits per heavy atom. The highest BCUT2D eigenvalue weighted by molar-refractivity contribution is 5.97. The summed E-state index contributed by atoms with van der Waals surface area (Å²) in [5.41, 5.74) is 7.01. The van der Waals surface area contributed by atoms with Gasteiger partial charge in [0.1, 0.15) is 6.54 Å². The zero-order valence-corrected chi connectivity index (χ0v) is 10.7. The zero-order valence-electron chi connectivity index (χ0n) is 10.7. The van der Waals surface area contributed by atoms with Crippen LogP contribution in [-0.2, 0) is 0 Å². The van der Waals surface area contributed by atoms with Crippen molar-refractivity contribution in [3.05, 3.63) is 29.3 Å². The van der Waals surface area contributed by atoms with Crippen molar-refractivity contribution in [2.45, 2.75) is 20.0 Å². The second-order valence-electron chi connectivity index (χ2n) is 4.12. The number of oxime groups is 1. The molecule has 0 aliphatic rings. The van der Waals surface area contributed by atoms with E-state index >= 15 is 0 Å². The maximum atomic E-state index is 12.5. The van der Waals surface area contributed by atoms with Gasteiger partial charge < -0.3 is 15.8 Å². The topological polar surface area (TPSA) is 61.8 Å². The van der Waals surface area contributed by atoms with Crippen molar-refractivity contribution in [3.8, 4) is 0 Å². The lowest BCUT2D eigenvalue weighted by atomic mass is 10.1. The standard InChI is InChI=1S/C12H16F3N3O/c1-3-18(7-12(13,14)15)10-5-4-9(6-8(10)2)11(16)17-19/h4-6,19H,3,7H2,1-2H3,(H2,16,17). The molecular formula is C12H16F3N3O. The van der Waals surface area contributed by atoms with Gasteiger partial charge in [0, 0.05) is 17.8 Å². The Labute approximate surface area is 109 Å². The van der Waals surface area contributed by atoms with Gasteiger partial charge in [-0.15, -0.1) is 0 Å².